The van der Waals surface area contributed by atoms with E-state index in [4.69, 9.17) is 11.1 Å². The minimum Gasteiger partial charge on any atom is -0.293 e. The van der Waals surface area contributed by atoms with Crippen molar-refractivity contribution in [1.82, 2.24) is 5.43 Å². The number of carbonyl (C=O) groups is 1. The summed E-state index contributed by atoms with van der Waals surface area (Å²) in [4.78, 5) is 11.6. The van der Waals surface area contributed by atoms with Crippen LogP contribution in [0.4, 0.5) is 0 Å². The molecule has 0 radical (unpaired) electrons. The van der Waals surface area contributed by atoms with E-state index in [9.17, 15) is 4.79 Å². The minimum absolute atomic E-state index is 0.266. The van der Waals surface area contributed by atoms with Crippen LogP contribution in [0.25, 0.3) is 0 Å². The summed E-state index contributed by atoms with van der Waals surface area (Å²) in [6.07, 6.45) is 8.58. The summed E-state index contributed by atoms with van der Waals surface area (Å²) in [5.41, 5.74) is 2.40. The average molecular weight is 247 g/mol. The first-order chi connectivity index (χ1) is 8.64. The molecule has 1 atom stereocenters. The van der Waals surface area contributed by atoms with E-state index in [1.54, 1.807) is 0 Å². The summed E-state index contributed by atoms with van der Waals surface area (Å²) in [7, 11) is 0. The van der Waals surface area contributed by atoms with E-state index in [1.165, 1.54) is 38.5 Å². The fourth-order valence-corrected chi connectivity index (χ4v) is 5.27. The molecule has 3 N–H and O–H groups in total. The van der Waals surface area contributed by atoms with Crippen LogP contribution in [-0.4, -0.2) is 5.91 Å². The van der Waals surface area contributed by atoms with Gasteiger partial charge in [-0.3, -0.25) is 10.2 Å². The van der Waals surface area contributed by atoms with E-state index < -0.39 is 5.92 Å². The number of nitrogens with two attached hydrogens (primary N) is 1. The molecule has 4 rings (SSSR count). The molecule has 4 bridgehead atoms. The van der Waals surface area contributed by atoms with Crippen LogP contribution >= 0.6 is 0 Å². The Morgan fingerprint density at radius 1 is 1.28 bits per heavy atom. The van der Waals surface area contributed by atoms with Gasteiger partial charge in [0.15, 0.2) is 0 Å². The highest BCUT2D eigenvalue weighted by Crippen LogP contribution is 2.61. The third-order valence-corrected chi connectivity index (χ3v) is 5.42. The van der Waals surface area contributed by atoms with Gasteiger partial charge in [-0.1, -0.05) is 0 Å². The molecule has 4 fully saturated rings. The molecule has 0 heterocycles. The zero-order valence-corrected chi connectivity index (χ0v) is 10.7. The highest BCUT2D eigenvalue weighted by Gasteiger charge is 2.51. The Bertz CT molecular complexity index is 363. The lowest BCUT2D eigenvalue weighted by Gasteiger charge is -2.57. The third-order valence-electron chi connectivity index (χ3n) is 5.42. The molecule has 18 heavy (non-hydrogen) atoms. The van der Waals surface area contributed by atoms with Crippen molar-refractivity contribution in [1.29, 1.82) is 5.26 Å². The lowest BCUT2D eigenvalue weighted by atomic mass is 9.48. The first-order valence-electron chi connectivity index (χ1n) is 7.04. The molecule has 98 valence electrons. The molecule has 4 saturated carbocycles. The van der Waals surface area contributed by atoms with Crippen LogP contribution in [0, 0.1) is 40.4 Å². The molecule has 1 amide bonds. The van der Waals surface area contributed by atoms with Gasteiger partial charge in [-0.25, -0.2) is 5.84 Å². The highest BCUT2D eigenvalue weighted by molar-refractivity contribution is 5.80. The van der Waals surface area contributed by atoms with Crippen LogP contribution in [0.2, 0.25) is 0 Å². The van der Waals surface area contributed by atoms with Crippen LogP contribution in [-0.2, 0) is 4.79 Å². The molecule has 0 aromatic rings. The first-order valence-corrected chi connectivity index (χ1v) is 7.04. The molecule has 4 nitrogen and oxygen atoms in total. The number of hydrogen-bond acceptors (Lipinski definition) is 3. The maximum atomic E-state index is 11.6. The smallest absolute Gasteiger partial charge is 0.251 e. The zero-order chi connectivity index (χ0) is 12.8. The Balaban J connectivity index is 1.75. The first kappa shape index (κ1) is 12.0. The summed E-state index contributed by atoms with van der Waals surface area (Å²) in [5.74, 6) is 6.86. The Morgan fingerprint density at radius 3 is 2.17 bits per heavy atom. The van der Waals surface area contributed by atoms with Crippen molar-refractivity contribution < 1.29 is 4.79 Å². The van der Waals surface area contributed by atoms with Gasteiger partial charge < -0.3 is 0 Å². The second-order valence-electron chi connectivity index (χ2n) is 6.81. The summed E-state index contributed by atoms with van der Waals surface area (Å²) in [6.45, 7) is 0. The topological polar surface area (TPSA) is 78.9 Å². The second-order valence-corrected chi connectivity index (χ2v) is 6.81. The van der Waals surface area contributed by atoms with E-state index in [1.807, 2.05) is 0 Å². The fourth-order valence-electron chi connectivity index (χ4n) is 5.27. The van der Waals surface area contributed by atoms with Gasteiger partial charge in [0.25, 0.3) is 5.91 Å². The lowest BCUT2D eigenvalue weighted by molar-refractivity contribution is -0.126. The van der Waals surface area contributed by atoms with Gasteiger partial charge in [0.2, 0.25) is 0 Å². The van der Waals surface area contributed by atoms with E-state index in [2.05, 4.69) is 11.5 Å². The number of hydrazine groups is 1. The summed E-state index contributed by atoms with van der Waals surface area (Å²) in [6, 6.07) is 2.14. The monoisotopic (exact) mass is 247 g/mol. The van der Waals surface area contributed by atoms with Gasteiger partial charge in [-0.05, 0) is 68.1 Å². The number of hydrogen-bond donors (Lipinski definition) is 2. The van der Waals surface area contributed by atoms with Gasteiger partial charge in [-0.2, -0.15) is 5.26 Å². The van der Waals surface area contributed by atoms with Crippen LogP contribution < -0.4 is 11.3 Å². The van der Waals surface area contributed by atoms with Crippen molar-refractivity contribution in [2.75, 3.05) is 0 Å². The zero-order valence-electron chi connectivity index (χ0n) is 10.7. The molecule has 0 aromatic carbocycles. The predicted octanol–water partition coefficient (Wildman–Crippen LogP) is 1.72. The molecule has 1 unspecified atom stereocenters. The fraction of sp³-hybridized carbons (Fsp3) is 0.857. The van der Waals surface area contributed by atoms with E-state index in [0.717, 1.165) is 24.2 Å². The molecule has 4 heteroatoms. The van der Waals surface area contributed by atoms with Crippen LogP contribution in [0.3, 0.4) is 0 Å². The quantitative estimate of drug-likeness (QED) is 0.453. The average Bonchev–Trinajstić information content (AvgIpc) is 2.33. The Morgan fingerprint density at radius 2 is 1.78 bits per heavy atom. The molecule has 0 aromatic heterocycles. The van der Waals surface area contributed by atoms with Gasteiger partial charge in [-0.15, -0.1) is 0 Å². The standard InChI is InChI=1S/C14H21N3O/c15-8-12(13(18)17-16)7-14-4-9-1-10(5-14)3-11(2-9)6-14/h9-12H,1-7,16H2,(H,17,18). The second kappa shape index (κ2) is 4.24. The summed E-state index contributed by atoms with van der Waals surface area (Å²) in [5, 5.41) is 9.16. The molecule has 4 aliphatic carbocycles. The molecule has 0 spiro atoms. The largest absolute Gasteiger partial charge is 0.293 e. The van der Waals surface area contributed by atoms with E-state index in [0.29, 0.717) is 0 Å². The van der Waals surface area contributed by atoms with E-state index in [-0.39, 0.29) is 11.3 Å². The number of amides is 1. The van der Waals surface area contributed by atoms with Gasteiger partial charge in [0.05, 0.1) is 6.07 Å². The minimum atomic E-state index is -0.564. The lowest BCUT2D eigenvalue weighted by Crippen LogP contribution is -2.48. The number of nitrogens with one attached hydrogen (secondary N) is 1. The van der Waals surface area contributed by atoms with Crippen molar-refractivity contribution in [3.63, 3.8) is 0 Å². The van der Waals surface area contributed by atoms with E-state index >= 15 is 0 Å². The maximum Gasteiger partial charge on any atom is 0.251 e. The van der Waals surface area contributed by atoms with Gasteiger partial charge in [0.1, 0.15) is 5.92 Å². The van der Waals surface area contributed by atoms with Crippen LogP contribution in [0.5, 0.6) is 0 Å². The van der Waals surface area contributed by atoms with Crippen LogP contribution in [0.15, 0.2) is 0 Å². The Labute approximate surface area is 108 Å². The molecule has 4 aliphatic rings. The van der Waals surface area contributed by atoms with Crippen molar-refractivity contribution in [2.45, 2.75) is 44.9 Å². The summed E-state index contributed by atoms with van der Waals surface area (Å²) >= 11 is 0. The summed E-state index contributed by atoms with van der Waals surface area (Å²) < 4.78 is 0. The van der Waals surface area contributed by atoms with Gasteiger partial charge in [0, 0.05) is 0 Å². The van der Waals surface area contributed by atoms with Crippen molar-refractivity contribution in [3.05, 3.63) is 0 Å². The molecule has 0 saturated heterocycles. The van der Waals surface area contributed by atoms with Crippen molar-refractivity contribution >= 4 is 5.91 Å². The van der Waals surface area contributed by atoms with Crippen molar-refractivity contribution in [2.24, 2.45) is 34.9 Å². The SMILES string of the molecule is N#CC(CC12CC3CC(CC(C3)C1)C2)C(=O)NN. The van der Waals surface area contributed by atoms with Crippen molar-refractivity contribution in [3.8, 4) is 6.07 Å². The number of rotatable bonds is 3. The number of nitriles is 1. The predicted molar refractivity (Wildman–Crippen MR) is 66.7 cm³/mol. The third kappa shape index (κ3) is 1.91. The van der Waals surface area contributed by atoms with Gasteiger partial charge >= 0.3 is 0 Å². The number of nitrogens with zero attached hydrogens (tertiary/aromatic N) is 1. The number of carbonyl (C=O) groups excluding carboxylic acids is 1. The highest BCUT2D eigenvalue weighted by atomic mass is 16.2. The molecule has 0 aliphatic heterocycles. The molecular formula is C14H21N3O. The Hall–Kier alpha value is -1.08. The molecular weight excluding hydrogens is 226 g/mol. The normalized spacial score (nSPS) is 42.3. The maximum absolute atomic E-state index is 11.6. The van der Waals surface area contributed by atoms with Crippen LogP contribution in [0.1, 0.15) is 44.9 Å². The Kier molecular flexibility index (Phi) is 2.82.